The second kappa shape index (κ2) is 10.8. The molecule has 9 heteroatoms. The second-order valence-electron chi connectivity index (χ2n) is 6.95. The fourth-order valence-corrected chi connectivity index (χ4v) is 4.03. The predicted molar refractivity (Wildman–Crippen MR) is 121 cm³/mol. The van der Waals surface area contributed by atoms with Crippen LogP contribution in [0.1, 0.15) is 24.1 Å². The van der Waals surface area contributed by atoms with E-state index in [4.69, 9.17) is 37.8 Å². The molecule has 0 aliphatic carbocycles. The Bertz CT molecular complexity index is 1020. The van der Waals surface area contributed by atoms with E-state index in [-0.39, 0.29) is 42.7 Å². The molecule has 32 heavy (non-hydrogen) atoms. The molecule has 1 saturated heterocycles. The highest BCUT2D eigenvalue weighted by Gasteiger charge is 2.46. The molecule has 1 fully saturated rings. The third kappa shape index (κ3) is 5.07. The highest BCUT2D eigenvalue weighted by molar-refractivity contribution is 6.47. The second-order valence-corrected chi connectivity index (χ2v) is 7.80. The topological polar surface area (TPSA) is 96.3 Å². The molecule has 1 aliphatic heterocycles. The molecule has 1 aliphatic rings. The molecule has 2 aromatic rings. The summed E-state index contributed by atoms with van der Waals surface area (Å²) in [5, 5.41) is 20.6. The molecule has 3 rings (SSSR count). The summed E-state index contributed by atoms with van der Waals surface area (Å²) in [5.41, 5.74) is 0.730. The first-order valence-corrected chi connectivity index (χ1v) is 10.8. The molecule has 2 aromatic carbocycles. The van der Waals surface area contributed by atoms with Gasteiger partial charge in [-0.25, -0.2) is 0 Å². The zero-order chi connectivity index (χ0) is 23.3. The van der Waals surface area contributed by atoms with Crippen LogP contribution in [0.15, 0.2) is 48.0 Å². The van der Waals surface area contributed by atoms with Gasteiger partial charge in [-0.15, -0.1) is 0 Å². The van der Waals surface area contributed by atoms with Gasteiger partial charge in [0.1, 0.15) is 11.5 Å². The van der Waals surface area contributed by atoms with Crippen molar-refractivity contribution in [3.8, 4) is 5.75 Å². The summed E-state index contributed by atoms with van der Waals surface area (Å²) in [7, 11) is 0. The van der Waals surface area contributed by atoms with Gasteiger partial charge < -0.3 is 24.6 Å². The molecule has 0 unspecified atom stereocenters. The minimum absolute atomic E-state index is 0.0637. The third-order valence-electron chi connectivity index (χ3n) is 4.95. The summed E-state index contributed by atoms with van der Waals surface area (Å²) < 4.78 is 10.7. The van der Waals surface area contributed by atoms with Gasteiger partial charge >= 0.3 is 0 Å². The molecule has 0 radical (unpaired) electrons. The van der Waals surface area contributed by atoms with E-state index in [1.807, 2.05) is 6.92 Å². The van der Waals surface area contributed by atoms with E-state index < -0.39 is 17.7 Å². The zero-order valence-corrected chi connectivity index (χ0v) is 18.9. The van der Waals surface area contributed by atoms with Crippen molar-refractivity contribution >= 4 is 40.7 Å². The van der Waals surface area contributed by atoms with Crippen LogP contribution in [0.2, 0.25) is 10.0 Å². The Balaban J connectivity index is 2.07. The van der Waals surface area contributed by atoms with Crippen LogP contribution < -0.4 is 4.74 Å². The lowest BCUT2D eigenvalue weighted by atomic mass is 9.95. The summed E-state index contributed by atoms with van der Waals surface area (Å²) >= 11 is 12.4. The van der Waals surface area contributed by atoms with Crippen LogP contribution in [0, 0.1) is 0 Å². The van der Waals surface area contributed by atoms with Crippen LogP contribution in [0.5, 0.6) is 5.75 Å². The van der Waals surface area contributed by atoms with Crippen molar-refractivity contribution in [2.45, 2.75) is 13.0 Å². The molecular formula is C23H23Cl2NO6. The number of aliphatic hydroxyl groups is 2. The maximum atomic E-state index is 13.0. The SMILES string of the molecule is CCOc1ccc(/C(O)=C2\C(=O)C(=O)N(CCOCCO)[C@H]2c2ccc(Cl)cc2Cl)cc1. The summed E-state index contributed by atoms with van der Waals surface area (Å²) in [6.45, 7) is 2.44. The number of likely N-dealkylation sites (tertiary alicyclic amines) is 1. The standard InChI is InChI=1S/C23H23Cl2NO6/c1-2-32-16-6-3-14(4-7-16)21(28)19-20(17-8-5-15(24)13-18(17)25)26(23(30)22(19)29)9-11-31-12-10-27/h3-8,13,20,27-28H,2,9-12H2,1H3/b21-19+/t20-/m0/s1. The van der Waals surface area contributed by atoms with E-state index in [1.54, 1.807) is 36.4 Å². The van der Waals surface area contributed by atoms with E-state index in [0.717, 1.165) is 0 Å². The lowest BCUT2D eigenvalue weighted by Gasteiger charge is -2.26. The van der Waals surface area contributed by atoms with Gasteiger partial charge in [-0.1, -0.05) is 29.3 Å². The fourth-order valence-electron chi connectivity index (χ4n) is 3.52. The molecule has 0 aromatic heterocycles. The van der Waals surface area contributed by atoms with Crippen LogP contribution in [0.4, 0.5) is 0 Å². The summed E-state index contributed by atoms with van der Waals surface area (Å²) in [4.78, 5) is 27.1. The quantitative estimate of drug-likeness (QED) is 0.245. The minimum Gasteiger partial charge on any atom is -0.507 e. The average Bonchev–Trinajstić information content (AvgIpc) is 3.02. The van der Waals surface area contributed by atoms with Crippen LogP contribution >= 0.6 is 23.2 Å². The predicted octanol–water partition coefficient (Wildman–Crippen LogP) is 3.82. The summed E-state index contributed by atoms with van der Waals surface area (Å²) in [6.07, 6.45) is 0. The van der Waals surface area contributed by atoms with Gasteiger partial charge in [0, 0.05) is 22.2 Å². The number of benzene rings is 2. The normalized spacial score (nSPS) is 17.8. The Morgan fingerprint density at radius 1 is 1.09 bits per heavy atom. The van der Waals surface area contributed by atoms with Gasteiger partial charge in [-0.2, -0.15) is 0 Å². The van der Waals surface area contributed by atoms with Gasteiger partial charge in [0.05, 0.1) is 38.0 Å². The van der Waals surface area contributed by atoms with Crippen molar-refractivity contribution in [3.05, 3.63) is 69.2 Å². The Hall–Kier alpha value is -2.58. The van der Waals surface area contributed by atoms with Crippen molar-refractivity contribution in [2.24, 2.45) is 0 Å². The monoisotopic (exact) mass is 479 g/mol. The van der Waals surface area contributed by atoms with Crippen LogP contribution in [-0.2, 0) is 14.3 Å². The number of ether oxygens (including phenoxy) is 2. The van der Waals surface area contributed by atoms with E-state index in [1.165, 1.54) is 11.0 Å². The van der Waals surface area contributed by atoms with Crippen molar-refractivity contribution < 1.29 is 29.3 Å². The van der Waals surface area contributed by atoms with Gasteiger partial charge in [0.2, 0.25) is 0 Å². The first-order valence-electron chi connectivity index (χ1n) is 10.0. The number of nitrogens with zero attached hydrogens (tertiary/aromatic N) is 1. The van der Waals surface area contributed by atoms with E-state index in [9.17, 15) is 14.7 Å². The van der Waals surface area contributed by atoms with Gasteiger partial charge in [-0.3, -0.25) is 9.59 Å². The number of hydrogen-bond donors (Lipinski definition) is 2. The van der Waals surface area contributed by atoms with Crippen LogP contribution in [-0.4, -0.2) is 59.8 Å². The molecule has 0 bridgehead atoms. The number of hydrogen-bond acceptors (Lipinski definition) is 6. The molecule has 7 nitrogen and oxygen atoms in total. The zero-order valence-electron chi connectivity index (χ0n) is 17.4. The fraction of sp³-hybridized carbons (Fsp3) is 0.304. The molecule has 1 heterocycles. The molecule has 1 atom stereocenters. The van der Waals surface area contributed by atoms with Crippen molar-refractivity contribution in [3.63, 3.8) is 0 Å². The number of rotatable bonds is 9. The number of carbonyl (C=O) groups is 2. The maximum absolute atomic E-state index is 13.0. The Morgan fingerprint density at radius 3 is 2.44 bits per heavy atom. The van der Waals surface area contributed by atoms with Gasteiger partial charge in [0.15, 0.2) is 0 Å². The molecule has 0 saturated carbocycles. The highest BCUT2D eigenvalue weighted by atomic mass is 35.5. The molecular weight excluding hydrogens is 457 g/mol. The lowest BCUT2D eigenvalue weighted by molar-refractivity contribution is -0.140. The smallest absolute Gasteiger partial charge is 0.295 e. The molecule has 0 spiro atoms. The number of aliphatic hydroxyl groups excluding tert-OH is 2. The third-order valence-corrected chi connectivity index (χ3v) is 5.51. The largest absolute Gasteiger partial charge is 0.507 e. The number of carbonyl (C=O) groups excluding carboxylic acids is 2. The first kappa shape index (κ1) is 24.1. The van der Waals surface area contributed by atoms with Crippen LogP contribution in [0.3, 0.4) is 0 Å². The number of ketones is 1. The van der Waals surface area contributed by atoms with E-state index in [2.05, 4.69) is 0 Å². The van der Waals surface area contributed by atoms with Gasteiger partial charge in [0.25, 0.3) is 11.7 Å². The van der Waals surface area contributed by atoms with Crippen LogP contribution in [0.25, 0.3) is 5.76 Å². The van der Waals surface area contributed by atoms with E-state index in [0.29, 0.717) is 28.5 Å². The van der Waals surface area contributed by atoms with Crippen molar-refractivity contribution in [1.29, 1.82) is 0 Å². The molecule has 1 amide bonds. The Morgan fingerprint density at radius 2 is 1.81 bits per heavy atom. The molecule has 2 N–H and O–H groups in total. The minimum atomic E-state index is -0.927. The van der Waals surface area contributed by atoms with E-state index >= 15 is 0 Å². The van der Waals surface area contributed by atoms with Crippen molar-refractivity contribution in [2.75, 3.05) is 33.0 Å². The number of Topliss-reactive ketones (excluding diaryl/α,β-unsaturated/α-hetero) is 1. The van der Waals surface area contributed by atoms with Crippen molar-refractivity contribution in [1.82, 2.24) is 4.90 Å². The molecule has 170 valence electrons. The summed E-state index contributed by atoms with van der Waals surface area (Å²) in [5.74, 6) is -1.31. The summed E-state index contributed by atoms with van der Waals surface area (Å²) in [6, 6.07) is 10.4. The average molecular weight is 480 g/mol. The Kier molecular flexibility index (Phi) is 8.15. The van der Waals surface area contributed by atoms with Gasteiger partial charge in [-0.05, 0) is 48.9 Å². The Labute approximate surface area is 195 Å². The number of halogens is 2. The lowest BCUT2D eigenvalue weighted by Crippen LogP contribution is -2.33. The number of amides is 1. The first-order chi connectivity index (χ1) is 15.4. The maximum Gasteiger partial charge on any atom is 0.295 e. The highest BCUT2D eigenvalue weighted by Crippen LogP contribution is 2.42.